The molecule has 2 aromatic rings. The summed E-state index contributed by atoms with van der Waals surface area (Å²) in [4.78, 5) is 25.9. The van der Waals surface area contributed by atoms with Crippen molar-refractivity contribution in [1.82, 2.24) is 10.2 Å². The Morgan fingerprint density at radius 3 is 2.52 bits per heavy atom. The SMILES string of the molecule is C[C@]1(c2cc(F)ccc2F)NC(=O)N(Cc2ccc(Cl)cc2Cl)C1=O. The van der Waals surface area contributed by atoms with Gasteiger partial charge in [-0.05, 0) is 42.8 Å². The fraction of sp³-hybridized carbons (Fsp3) is 0.176. The van der Waals surface area contributed by atoms with Gasteiger partial charge in [0.15, 0.2) is 0 Å². The summed E-state index contributed by atoms with van der Waals surface area (Å²) in [6.45, 7) is 1.21. The molecule has 1 atom stereocenters. The lowest BCUT2D eigenvalue weighted by molar-refractivity contribution is -0.131. The van der Waals surface area contributed by atoms with E-state index in [1.54, 1.807) is 12.1 Å². The topological polar surface area (TPSA) is 49.4 Å². The van der Waals surface area contributed by atoms with E-state index in [2.05, 4.69) is 5.32 Å². The van der Waals surface area contributed by atoms with Crippen molar-refractivity contribution in [3.05, 3.63) is 69.2 Å². The molecular weight excluding hydrogens is 373 g/mol. The number of benzene rings is 2. The van der Waals surface area contributed by atoms with Crippen LogP contribution in [0.1, 0.15) is 18.1 Å². The van der Waals surface area contributed by atoms with Gasteiger partial charge in [0.1, 0.15) is 17.2 Å². The third-order valence-corrected chi connectivity index (χ3v) is 4.67. The van der Waals surface area contributed by atoms with E-state index in [9.17, 15) is 18.4 Å². The minimum atomic E-state index is -1.71. The monoisotopic (exact) mass is 384 g/mol. The standard InChI is InChI=1S/C17H12Cl2F2N2O2/c1-17(12-7-11(20)4-5-14(12)21)15(24)23(16(25)22-17)8-9-2-3-10(18)6-13(9)19/h2-7H,8H2,1H3,(H,22,25)/t17-/m1/s1. The molecule has 1 aliphatic rings. The number of imide groups is 1. The number of rotatable bonds is 3. The second-order valence-electron chi connectivity index (χ2n) is 5.81. The van der Waals surface area contributed by atoms with Crippen molar-refractivity contribution in [2.75, 3.05) is 0 Å². The van der Waals surface area contributed by atoms with Crippen LogP contribution in [0.15, 0.2) is 36.4 Å². The van der Waals surface area contributed by atoms with E-state index in [1.807, 2.05) is 0 Å². The highest BCUT2D eigenvalue weighted by Crippen LogP contribution is 2.33. The smallest absolute Gasteiger partial charge is 0.319 e. The number of urea groups is 1. The molecule has 2 aromatic carbocycles. The number of amides is 3. The number of hydrogen-bond acceptors (Lipinski definition) is 2. The van der Waals surface area contributed by atoms with Crippen LogP contribution in [-0.4, -0.2) is 16.8 Å². The predicted molar refractivity (Wildman–Crippen MR) is 89.3 cm³/mol. The fourth-order valence-electron chi connectivity index (χ4n) is 2.72. The summed E-state index contributed by atoms with van der Waals surface area (Å²) in [6, 6.07) is 6.68. The highest BCUT2D eigenvalue weighted by Gasteiger charge is 2.50. The third kappa shape index (κ3) is 3.07. The van der Waals surface area contributed by atoms with Crippen molar-refractivity contribution in [2.45, 2.75) is 19.0 Å². The second-order valence-corrected chi connectivity index (χ2v) is 6.65. The molecule has 130 valence electrons. The molecule has 8 heteroatoms. The van der Waals surface area contributed by atoms with Gasteiger partial charge < -0.3 is 5.32 Å². The third-order valence-electron chi connectivity index (χ3n) is 4.09. The van der Waals surface area contributed by atoms with E-state index in [4.69, 9.17) is 23.2 Å². The molecule has 0 saturated carbocycles. The summed E-state index contributed by atoms with van der Waals surface area (Å²) in [5.74, 6) is -2.20. The molecule has 3 amide bonds. The molecule has 0 aliphatic carbocycles. The first-order chi connectivity index (χ1) is 11.7. The fourth-order valence-corrected chi connectivity index (χ4v) is 3.19. The van der Waals surface area contributed by atoms with Crippen LogP contribution < -0.4 is 5.32 Å². The van der Waals surface area contributed by atoms with Gasteiger partial charge in [-0.15, -0.1) is 0 Å². The highest BCUT2D eigenvalue weighted by atomic mass is 35.5. The summed E-state index contributed by atoms with van der Waals surface area (Å²) in [6.07, 6.45) is 0. The molecule has 1 fully saturated rings. The van der Waals surface area contributed by atoms with Crippen molar-refractivity contribution >= 4 is 35.1 Å². The first-order valence-corrected chi connectivity index (χ1v) is 8.01. The summed E-state index contributed by atoms with van der Waals surface area (Å²) in [7, 11) is 0. The van der Waals surface area contributed by atoms with Crippen molar-refractivity contribution in [1.29, 1.82) is 0 Å². The molecule has 0 spiro atoms. The normalized spacial score (nSPS) is 20.1. The van der Waals surface area contributed by atoms with E-state index in [0.29, 0.717) is 15.6 Å². The molecule has 0 unspecified atom stereocenters. The van der Waals surface area contributed by atoms with Crippen LogP contribution in [0.25, 0.3) is 0 Å². The number of halogens is 4. The lowest BCUT2D eigenvalue weighted by Gasteiger charge is -2.23. The summed E-state index contributed by atoms with van der Waals surface area (Å²) in [5, 5.41) is 3.13. The van der Waals surface area contributed by atoms with Crippen LogP contribution in [0.3, 0.4) is 0 Å². The molecule has 1 N–H and O–H groups in total. The first kappa shape index (κ1) is 17.6. The van der Waals surface area contributed by atoms with Gasteiger partial charge in [0.2, 0.25) is 0 Å². The van der Waals surface area contributed by atoms with E-state index in [-0.39, 0.29) is 12.1 Å². The van der Waals surface area contributed by atoms with Crippen molar-refractivity contribution < 1.29 is 18.4 Å². The molecule has 1 heterocycles. The van der Waals surface area contributed by atoms with Gasteiger partial charge in [-0.3, -0.25) is 9.69 Å². The van der Waals surface area contributed by atoms with Crippen LogP contribution in [0.2, 0.25) is 10.0 Å². The van der Waals surface area contributed by atoms with Gasteiger partial charge in [-0.1, -0.05) is 29.3 Å². The van der Waals surface area contributed by atoms with Gasteiger partial charge >= 0.3 is 6.03 Å². The van der Waals surface area contributed by atoms with E-state index < -0.39 is 29.1 Å². The maximum absolute atomic E-state index is 14.1. The van der Waals surface area contributed by atoms with Crippen LogP contribution in [0.5, 0.6) is 0 Å². The van der Waals surface area contributed by atoms with Crippen LogP contribution >= 0.6 is 23.2 Å². The Labute approximate surface area is 152 Å². The summed E-state index contributed by atoms with van der Waals surface area (Å²) < 4.78 is 27.6. The Balaban J connectivity index is 1.95. The minimum absolute atomic E-state index is 0.118. The number of hydrogen-bond donors (Lipinski definition) is 1. The maximum atomic E-state index is 14.1. The number of carbonyl (C=O) groups is 2. The zero-order valence-corrected chi connectivity index (χ0v) is 14.5. The number of nitrogens with zero attached hydrogens (tertiary/aromatic N) is 1. The van der Waals surface area contributed by atoms with Gasteiger partial charge in [0, 0.05) is 15.6 Å². The van der Waals surface area contributed by atoms with Gasteiger partial charge in [-0.2, -0.15) is 0 Å². The average molecular weight is 385 g/mol. The molecular formula is C17H12Cl2F2N2O2. The van der Waals surface area contributed by atoms with Gasteiger partial charge in [0.25, 0.3) is 5.91 Å². The van der Waals surface area contributed by atoms with Crippen LogP contribution in [-0.2, 0) is 16.9 Å². The Hall–Kier alpha value is -2.18. The molecule has 25 heavy (non-hydrogen) atoms. The molecule has 0 radical (unpaired) electrons. The Morgan fingerprint density at radius 2 is 1.84 bits per heavy atom. The van der Waals surface area contributed by atoms with E-state index in [1.165, 1.54) is 13.0 Å². The molecule has 1 aliphatic heterocycles. The summed E-state index contributed by atoms with van der Waals surface area (Å²) >= 11 is 11.9. The lowest BCUT2D eigenvalue weighted by Crippen LogP contribution is -2.41. The summed E-state index contributed by atoms with van der Waals surface area (Å²) in [5.41, 5.74) is -1.45. The Kier molecular flexibility index (Phi) is 4.43. The molecule has 4 nitrogen and oxygen atoms in total. The van der Waals surface area contributed by atoms with Crippen LogP contribution in [0, 0.1) is 11.6 Å². The molecule has 0 aromatic heterocycles. The zero-order valence-electron chi connectivity index (χ0n) is 12.9. The van der Waals surface area contributed by atoms with Gasteiger partial charge in [-0.25, -0.2) is 13.6 Å². The first-order valence-electron chi connectivity index (χ1n) is 7.26. The largest absolute Gasteiger partial charge is 0.325 e. The maximum Gasteiger partial charge on any atom is 0.325 e. The zero-order chi connectivity index (χ0) is 18.4. The molecule has 0 bridgehead atoms. The highest BCUT2D eigenvalue weighted by molar-refractivity contribution is 6.35. The Morgan fingerprint density at radius 1 is 1.12 bits per heavy atom. The molecule has 1 saturated heterocycles. The van der Waals surface area contributed by atoms with E-state index >= 15 is 0 Å². The molecule has 3 rings (SSSR count). The average Bonchev–Trinajstić information content (AvgIpc) is 2.76. The Bertz CT molecular complexity index is 891. The number of carbonyl (C=O) groups excluding carboxylic acids is 2. The second kappa shape index (κ2) is 6.28. The minimum Gasteiger partial charge on any atom is -0.319 e. The quantitative estimate of drug-likeness (QED) is 0.804. The van der Waals surface area contributed by atoms with Gasteiger partial charge in [0.05, 0.1) is 6.54 Å². The van der Waals surface area contributed by atoms with Crippen molar-refractivity contribution in [3.63, 3.8) is 0 Å². The number of nitrogens with one attached hydrogen (secondary N) is 1. The van der Waals surface area contributed by atoms with Crippen molar-refractivity contribution in [3.8, 4) is 0 Å². The van der Waals surface area contributed by atoms with Crippen molar-refractivity contribution in [2.24, 2.45) is 0 Å². The van der Waals surface area contributed by atoms with E-state index in [0.717, 1.165) is 23.1 Å². The predicted octanol–water partition coefficient (Wildman–Crippen LogP) is 4.24. The van der Waals surface area contributed by atoms with Crippen LogP contribution in [0.4, 0.5) is 13.6 Å². The lowest BCUT2D eigenvalue weighted by atomic mass is 9.91.